The third-order valence-electron chi connectivity index (χ3n) is 10.4. The van der Waals surface area contributed by atoms with Gasteiger partial charge in [-0.05, 0) is 128 Å². The first-order valence-electron chi connectivity index (χ1n) is 20.1. The summed E-state index contributed by atoms with van der Waals surface area (Å²) in [6, 6.07) is 25.5. The van der Waals surface area contributed by atoms with Crippen molar-refractivity contribution in [2.45, 2.75) is 39.2 Å². The van der Waals surface area contributed by atoms with Crippen molar-refractivity contribution in [2.75, 3.05) is 32.8 Å². The Morgan fingerprint density at radius 3 is 1.55 bits per heavy atom. The molecule has 1 amide bonds. The van der Waals surface area contributed by atoms with Crippen molar-refractivity contribution in [2.24, 2.45) is 0 Å². The molecule has 65 heavy (non-hydrogen) atoms. The van der Waals surface area contributed by atoms with Crippen LogP contribution in [0.15, 0.2) is 109 Å². The number of aromatic carboxylic acids is 1. The zero-order chi connectivity index (χ0) is 47.1. The lowest BCUT2D eigenvalue weighted by molar-refractivity contribution is -0.138. The maximum atomic E-state index is 13.5. The number of morpholine rings is 1. The van der Waals surface area contributed by atoms with Gasteiger partial charge in [-0.25, -0.2) is 4.79 Å². The van der Waals surface area contributed by atoms with Crippen molar-refractivity contribution in [3.63, 3.8) is 0 Å². The Balaban J connectivity index is 0.000000224. The van der Waals surface area contributed by atoms with E-state index in [1.54, 1.807) is 42.7 Å². The van der Waals surface area contributed by atoms with E-state index < -0.39 is 29.4 Å². The molecule has 7 rings (SSSR count). The monoisotopic (exact) mass is 890 g/mol. The Labute approximate surface area is 370 Å². The predicted octanol–water partition coefficient (Wildman–Crippen LogP) is 10.4. The number of carbonyl (C=O) groups excluding carboxylic acids is 1. The summed E-state index contributed by atoms with van der Waals surface area (Å²) in [6.07, 6.45) is -5.88. The van der Waals surface area contributed by atoms with Crippen LogP contribution in [0.4, 0.5) is 26.3 Å². The number of aryl methyl sites for hydroxylation is 2. The second-order valence-corrected chi connectivity index (χ2v) is 15.4. The molecule has 4 aromatic carbocycles. The molecular formula is C49H40F6N6O4. The molecule has 1 fully saturated rings. The normalized spacial score (nSPS) is 13.4. The molecule has 0 unspecified atom stereocenters. The topological polar surface area (TPSA) is 152 Å². The van der Waals surface area contributed by atoms with Gasteiger partial charge in [0.05, 0.1) is 64.6 Å². The lowest BCUT2D eigenvalue weighted by atomic mass is 9.93. The first kappa shape index (κ1) is 47.1. The second kappa shape index (κ2) is 20.0. The SMILES string of the molecule is Cc1ccc(-c2cc(C(=O)N[C@H](C)CN3CCOCC3)cc(-c3cc(C(F)(F)F)ccc3C#N)c2)nc1.Cc1ccc(-c2cc(C(=O)O)cc(-c3cc(C(F)(F)F)ccc3C#N)c2)nc1. The number of pyridine rings is 2. The molecule has 0 bridgehead atoms. The zero-order valence-corrected chi connectivity index (χ0v) is 35.2. The van der Waals surface area contributed by atoms with Crippen LogP contribution in [0, 0.1) is 36.5 Å². The van der Waals surface area contributed by atoms with Crippen molar-refractivity contribution in [1.82, 2.24) is 20.2 Å². The molecule has 0 saturated carbocycles. The molecule has 0 radical (unpaired) electrons. The van der Waals surface area contributed by atoms with Gasteiger partial charge in [-0.15, -0.1) is 0 Å². The highest BCUT2D eigenvalue weighted by Gasteiger charge is 2.32. The van der Waals surface area contributed by atoms with Gasteiger partial charge in [-0.3, -0.25) is 19.7 Å². The third-order valence-corrected chi connectivity index (χ3v) is 10.4. The highest BCUT2D eigenvalue weighted by atomic mass is 19.4. The van der Waals surface area contributed by atoms with Crippen LogP contribution in [0.3, 0.4) is 0 Å². The summed E-state index contributed by atoms with van der Waals surface area (Å²) >= 11 is 0. The number of nitriles is 2. The zero-order valence-electron chi connectivity index (χ0n) is 35.2. The van der Waals surface area contributed by atoms with E-state index in [1.165, 1.54) is 24.3 Å². The van der Waals surface area contributed by atoms with Gasteiger partial charge >= 0.3 is 18.3 Å². The number of amides is 1. The van der Waals surface area contributed by atoms with Gasteiger partial charge in [0.25, 0.3) is 5.91 Å². The van der Waals surface area contributed by atoms with Crippen LogP contribution in [0.2, 0.25) is 0 Å². The average molecular weight is 891 g/mol. The molecule has 332 valence electrons. The number of carboxylic acid groups (broad SMARTS) is 1. The van der Waals surface area contributed by atoms with Gasteiger partial charge in [0.2, 0.25) is 0 Å². The second-order valence-electron chi connectivity index (χ2n) is 15.4. The van der Waals surface area contributed by atoms with Crippen LogP contribution in [-0.2, 0) is 17.1 Å². The van der Waals surface area contributed by atoms with Gasteiger partial charge in [0, 0.05) is 65.9 Å². The number of carboxylic acids is 1. The van der Waals surface area contributed by atoms with Gasteiger partial charge in [0.1, 0.15) is 0 Å². The van der Waals surface area contributed by atoms with Crippen LogP contribution >= 0.6 is 0 Å². The molecule has 0 spiro atoms. The molecule has 2 N–H and O–H groups in total. The first-order valence-corrected chi connectivity index (χ1v) is 20.1. The number of ether oxygens (including phenoxy) is 1. The molecule has 16 heteroatoms. The fourth-order valence-corrected chi connectivity index (χ4v) is 7.03. The van der Waals surface area contributed by atoms with Crippen LogP contribution in [-0.4, -0.2) is 70.7 Å². The number of nitrogens with one attached hydrogen (secondary N) is 1. The fraction of sp³-hybridized carbons (Fsp3) is 0.224. The van der Waals surface area contributed by atoms with E-state index in [1.807, 2.05) is 39.0 Å². The van der Waals surface area contributed by atoms with Crippen LogP contribution < -0.4 is 5.32 Å². The molecule has 1 atom stereocenters. The average Bonchev–Trinajstić information content (AvgIpc) is 3.28. The van der Waals surface area contributed by atoms with Crippen molar-refractivity contribution < 1.29 is 45.8 Å². The number of nitrogens with zero attached hydrogens (tertiary/aromatic N) is 5. The van der Waals surface area contributed by atoms with E-state index in [9.17, 15) is 51.6 Å². The summed E-state index contributed by atoms with van der Waals surface area (Å²) in [7, 11) is 0. The van der Waals surface area contributed by atoms with Crippen LogP contribution in [0.1, 0.15) is 61.0 Å². The van der Waals surface area contributed by atoms with Crippen molar-refractivity contribution in [3.8, 4) is 56.9 Å². The quantitative estimate of drug-likeness (QED) is 0.135. The van der Waals surface area contributed by atoms with Gasteiger partial charge in [-0.2, -0.15) is 36.9 Å². The van der Waals surface area contributed by atoms with Gasteiger partial charge in [0.15, 0.2) is 0 Å². The number of rotatable bonds is 9. The van der Waals surface area contributed by atoms with Crippen LogP contribution in [0.25, 0.3) is 44.8 Å². The van der Waals surface area contributed by atoms with E-state index in [0.717, 1.165) is 60.6 Å². The minimum absolute atomic E-state index is 0.00814. The summed E-state index contributed by atoms with van der Waals surface area (Å²) in [5, 5.41) is 31.3. The van der Waals surface area contributed by atoms with Gasteiger partial charge in [-0.1, -0.05) is 12.1 Å². The summed E-state index contributed by atoms with van der Waals surface area (Å²) < 4.78 is 85.2. The summed E-state index contributed by atoms with van der Waals surface area (Å²) in [5.74, 6) is -1.60. The number of alkyl halides is 6. The molecule has 6 aromatic rings. The Morgan fingerprint density at radius 1 is 0.692 bits per heavy atom. The third kappa shape index (κ3) is 12.0. The number of hydrogen-bond acceptors (Lipinski definition) is 8. The van der Waals surface area contributed by atoms with E-state index in [2.05, 4.69) is 20.2 Å². The molecule has 3 heterocycles. The Morgan fingerprint density at radius 2 is 1.14 bits per heavy atom. The molecule has 1 aliphatic rings. The number of hydrogen-bond donors (Lipinski definition) is 2. The maximum Gasteiger partial charge on any atom is 0.416 e. The predicted molar refractivity (Wildman–Crippen MR) is 230 cm³/mol. The molecular weight excluding hydrogens is 851 g/mol. The molecule has 1 saturated heterocycles. The van der Waals surface area contributed by atoms with Crippen molar-refractivity contribution in [1.29, 1.82) is 10.5 Å². The molecule has 1 aliphatic heterocycles. The Kier molecular flexibility index (Phi) is 14.5. The first-order chi connectivity index (χ1) is 30.8. The van der Waals surface area contributed by atoms with E-state index in [4.69, 9.17) is 4.74 Å². The number of halogens is 6. The molecule has 0 aliphatic carbocycles. The minimum Gasteiger partial charge on any atom is -0.478 e. The number of carbonyl (C=O) groups is 2. The van der Waals surface area contributed by atoms with Crippen molar-refractivity contribution >= 4 is 11.9 Å². The van der Waals surface area contributed by atoms with Crippen LogP contribution in [0.5, 0.6) is 0 Å². The maximum absolute atomic E-state index is 13.5. The fourth-order valence-electron chi connectivity index (χ4n) is 7.03. The summed E-state index contributed by atoms with van der Waals surface area (Å²) in [6.45, 7) is 9.15. The van der Waals surface area contributed by atoms with Crippen molar-refractivity contribution in [3.05, 3.63) is 154 Å². The lowest BCUT2D eigenvalue weighted by Crippen LogP contribution is -2.46. The summed E-state index contributed by atoms with van der Waals surface area (Å²) in [5.41, 5.74) is 2.96. The number of aromatic nitrogens is 2. The van der Waals surface area contributed by atoms with Gasteiger partial charge < -0.3 is 15.2 Å². The largest absolute Gasteiger partial charge is 0.478 e. The highest BCUT2D eigenvalue weighted by molar-refractivity contribution is 5.97. The minimum atomic E-state index is -4.59. The van der Waals surface area contributed by atoms with E-state index >= 15 is 0 Å². The van der Waals surface area contributed by atoms with E-state index in [0.29, 0.717) is 47.8 Å². The Hall–Kier alpha value is -7.40. The smallest absolute Gasteiger partial charge is 0.416 e. The number of benzene rings is 4. The lowest BCUT2D eigenvalue weighted by Gasteiger charge is -2.29. The Bertz CT molecular complexity index is 2790. The summed E-state index contributed by atoms with van der Waals surface area (Å²) in [4.78, 5) is 35.7. The standard InChI is InChI=1S/C28H27F3N4O2.C21H13F3N2O2/c1-18-3-6-26(33-16-18)22-11-21(25-14-24(28(29,30)31)5-4-20(25)15-32)12-23(13-22)27(36)34-19(2)17-35-7-9-37-10-8-35;1-12-2-5-19(26-11-12)15-6-14(7-16(8-15)20(27)28)18-9-17(21(22,23)24)4-3-13(18)10-25/h3-6,11-14,16,19H,7-10,17H2,1-2H3,(H,34,36);2-9,11H,1H3,(H,27,28)/t19-;/m1./s1. The molecule has 2 aromatic heterocycles. The molecule has 10 nitrogen and oxygen atoms in total. The highest BCUT2D eigenvalue weighted by Crippen LogP contribution is 2.37. The van der Waals surface area contributed by atoms with E-state index in [-0.39, 0.29) is 50.9 Å².